The van der Waals surface area contributed by atoms with Crippen LogP contribution in [0, 0.1) is 0 Å². The van der Waals surface area contributed by atoms with E-state index in [1.54, 1.807) is 11.2 Å². The fraction of sp³-hybridized carbons (Fsp3) is 0.737. The molecular weight excluding hydrogens is 316 g/mol. The quantitative estimate of drug-likeness (QED) is 0.835. The monoisotopic (exact) mass is 348 g/mol. The zero-order valence-corrected chi connectivity index (χ0v) is 16.7. The van der Waals surface area contributed by atoms with Crippen molar-refractivity contribution in [1.82, 2.24) is 14.9 Å². The summed E-state index contributed by atoms with van der Waals surface area (Å²) >= 11 is 0. The molecule has 0 bridgehead atoms. The third kappa shape index (κ3) is 4.83. The molecule has 0 aliphatic carbocycles. The molecule has 2 heterocycles. The highest BCUT2D eigenvalue weighted by Crippen LogP contribution is 2.28. The summed E-state index contributed by atoms with van der Waals surface area (Å²) in [6, 6.07) is 2.26. The summed E-state index contributed by atoms with van der Waals surface area (Å²) < 4.78 is 5.49. The van der Waals surface area contributed by atoms with Gasteiger partial charge in [-0.3, -0.25) is 0 Å². The van der Waals surface area contributed by atoms with Crippen molar-refractivity contribution in [2.45, 2.75) is 71.9 Å². The van der Waals surface area contributed by atoms with E-state index in [2.05, 4.69) is 48.6 Å². The summed E-state index contributed by atoms with van der Waals surface area (Å²) in [5, 5.41) is 0. The van der Waals surface area contributed by atoms with Gasteiger partial charge in [0.05, 0.1) is 5.69 Å². The van der Waals surface area contributed by atoms with Crippen molar-refractivity contribution >= 4 is 11.9 Å². The molecule has 0 spiro atoms. The number of piperazine rings is 1. The Morgan fingerprint density at radius 3 is 2.48 bits per heavy atom. The van der Waals surface area contributed by atoms with E-state index in [9.17, 15) is 4.79 Å². The first-order valence-electron chi connectivity index (χ1n) is 9.10. The second-order valence-electron chi connectivity index (χ2n) is 8.47. The molecule has 0 radical (unpaired) electrons. The molecule has 1 fully saturated rings. The maximum absolute atomic E-state index is 12.3. The number of anilines is 1. The Hall–Kier alpha value is -1.85. The van der Waals surface area contributed by atoms with E-state index in [0.717, 1.165) is 24.5 Å². The van der Waals surface area contributed by atoms with Crippen molar-refractivity contribution in [2.24, 2.45) is 0 Å². The van der Waals surface area contributed by atoms with Crippen LogP contribution >= 0.6 is 0 Å². The van der Waals surface area contributed by atoms with E-state index in [4.69, 9.17) is 4.74 Å². The van der Waals surface area contributed by atoms with E-state index < -0.39 is 5.60 Å². The lowest BCUT2D eigenvalue weighted by Crippen LogP contribution is -2.54. The van der Waals surface area contributed by atoms with Crippen molar-refractivity contribution in [3.8, 4) is 0 Å². The lowest BCUT2D eigenvalue weighted by molar-refractivity contribution is 0.0218. The van der Waals surface area contributed by atoms with Gasteiger partial charge in [0, 0.05) is 37.2 Å². The Kier molecular flexibility index (Phi) is 5.59. The van der Waals surface area contributed by atoms with Gasteiger partial charge in [0.1, 0.15) is 17.7 Å². The van der Waals surface area contributed by atoms with E-state index in [0.29, 0.717) is 13.1 Å². The molecule has 0 unspecified atom stereocenters. The molecule has 1 saturated heterocycles. The zero-order valence-electron chi connectivity index (χ0n) is 16.7. The van der Waals surface area contributed by atoms with Crippen molar-refractivity contribution in [1.29, 1.82) is 0 Å². The molecule has 0 saturated carbocycles. The van der Waals surface area contributed by atoms with Crippen molar-refractivity contribution in [2.75, 3.05) is 24.5 Å². The van der Waals surface area contributed by atoms with Gasteiger partial charge in [0.2, 0.25) is 0 Å². The van der Waals surface area contributed by atoms with Gasteiger partial charge in [-0.2, -0.15) is 0 Å². The van der Waals surface area contributed by atoms with Gasteiger partial charge >= 0.3 is 6.09 Å². The second-order valence-corrected chi connectivity index (χ2v) is 8.47. The number of nitrogens with zero attached hydrogens (tertiary/aromatic N) is 4. The SMILES string of the molecule is CCC(C)(C)c1cc(N2CCN(C(=O)OC(C)(C)C)C[C@H]2C)ncn1. The molecule has 1 amide bonds. The van der Waals surface area contributed by atoms with Gasteiger partial charge in [-0.05, 0) is 34.1 Å². The number of carbonyl (C=O) groups is 1. The normalized spacial score (nSPS) is 19.1. The fourth-order valence-corrected chi connectivity index (χ4v) is 2.85. The first kappa shape index (κ1) is 19.5. The smallest absolute Gasteiger partial charge is 0.410 e. The fourth-order valence-electron chi connectivity index (χ4n) is 2.85. The molecule has 1 aliphatic heterocycles. The van der Waals surface area contributed by atoms with Crippen LogP contribution in [0.15, 0.2) is 12.4 Å². The lowest BCUT2D eigenvalue weighted by Gasteiger charge is -2.41. The minimum Gasteiger partial charge on any atom is -0.444 e. The third-order valence-corrected chi connectivity index (χ3v) is 4.80. The molecule has 0 aromatic carbocycles. The Bertz CT molecular complexity index is 610. The average molecular weight is 348 g/mol. The molecule has 0 N–H and O–H groups in total. The largest absolute Gasteiger partial charge is 0.444 e. The number of amides is 1. The van der Waals surface area contributed by atoms with Gasteiger partial charge in [0.25, 0.3) is 0 Å². The first-order valence-corrected chi connectivity index (χ1v) is 9.10. The van der Waals surface area contributed by atoms with E-state index >= 15 is 0 Å². The number of ether oxygens (including phenoxy) is 1. The van der Waals surface area contributed by atoms with Gasteiger partial charge in [-0.25, -0.2) is 14.8 Å². The third-order valence-electron chi connectivity index (χ3n) is 4.80. The highest BCUT2D eigenvalue weighted by Gasteiger charge is 2.31. The highest BCUT2D eigenvalue weighted by molar-refractivity contribution is 5.68. The van der Waals surface area contributed by atoms with Crippen LogP contribution < -0.4 is 4.90 Å². The van der Waals surface area contributed by atoms with Gasteiger partial charge < -0.3 is 14.5 Å². The minimum atomic E-state index is -0.468. The maximum atomic E-state index is 12.3. The van der Waals surface area contributed by atoms with Crippen LogP contribution in [0.2, 0.25) is 0 Å². The molecule has 1 aromatic heterocycles. The Balaban J connectivity index is 2.09. The zero-order chi connectivity index (χ0) is 18.8. The Labute approximate surface area is 151 Å². The Morgan fingerprint density at radius 2 is 1.92 bits per heavy atom. The van der Waals surface area contributed by atoms with Crippen molar-refractivity contribution < 1.29 is 9.53 Å². The number of rotatable bonds is 3. The number of hydrogen-bond donors (Lipinski definition) is 0. The van der Waals surface area contributed by atoms with Crippen molar-refractivity contribution in [3.63, 3.8) is 0 Å². The molecule has 2 rings (SSSR count). The van der Waals surface area contributed by atoms with E-state index in [1.807, 2.05) is 20.8 Å². The molecule has 6 heteroatoms. The van der Waals surface area contributed by atoms with Gasteiger partial charge in [0.15, 0.2) is 0 Å². The van der Waals surface area contributed by atoms with Crippen LogP contribution in [-0.4, -0.2) is 52.2 Å². The molecular formula is C19H32N4O2. The van der Waals surface area contributed by atoms with E-state index in [-0.39, 0.29) is 17.6 Å². The molecule has 1 aromatic rings. The molecule has 6 nitrogen and oxygen atoms in total. The lowest BCUT2D eigenvalue weighted by atomic mass is 9.86. The first-order chi connectivity index (χ1) is 11.5. The van der Waals surface area contributed by atoms with Gasteiger partial charge in [-0.15, -0.1) is 0 Å². The summed E-state index contributed by atoms with van der Waals surface area (Å²) in [6.07, 6.45) is 2.43. The molecule has 25 heavy (non-hydrogen) atoms. The van der Waals surface area contributed by atoms with Gasteiger partial charge in [-0.1, -0.05) is 20.8 Å². The average Bonchev–Trinajstić information content (AvgIpc) is 2.53. The van der Waals surface area contributed by atoms with Crippen LogP contribution in [0.3, 0.4) is 0 Å². The summed E-state index contributed by atoms with van der Waals surface area (Å²) in [6.45, 7) is 16.4. The summed E-state index contributed by atoms with van der Waals surface area (Å²) in [5.41, 5.74) is 0.617. The number of carbonyl (C=O) groups excluding carboxylic acids is 1. The van der Waals surface area contributed by atoms with E-state index in [1.165, 1.54) is 0 Å². The van der Waals surface area contributed by atoms with Crippen LogP contribution in [0.1, 0.15) is 60.6 Å². The molecule has 1 aliphatic rings. The number of hydrogen-bond acceptors (Lipinski definition) is 5. The minimum absolute atomic E-state index is 0.0270. The standard InChI is InChI=1S/C19H32N4O2/c1-8-19(6,7)15-11-16(21-13-20-15)23-10-9-22(12-14(23)2)17(24)25-18(3,4)5/h11,13-14H,8-10,12H2,1-7H3/t14-/m1/s1. The van der Waals surface area contributed by atoms with Crippen LogP contribution in [0.4, 0.5) is 10.6 Å². The molecule has 1 atom stereocenters. The van der Waals surface area contributed by atoms with Crippen LogP contribution in [-0.2, 0) is 10.2 Å². The maximum Gasteiger partial charge on any atom is 0.410 e. The highest BCUT2D eigenvalue weighted by atomic mass is 16.6. The topological polar surface area (TPSA) is 58.6 Å². The predicted molar refractivity (Wildman–Crippen MR) is 100.0 cm³/mol. The predicted octanol–water partition coefficient (Wildman–Crippen LogP) is 3.61. The summed E-state index contributed by atoms with van der Waals surface area (Å²) in [4.78, 5) is 25.3. The number of aromatic nitrogens is 2. The summed E-state index contributed by atoms with van der Waals surface area (Å²) in [5.74, 6) is 0.933. The Morgan fingerprint density at radius 1 is 1.24 bits per heavy atom. The van der Waals surface area contributed by atoms with Crippen molar-refractivity contribution in [3.05, 3.63) is 18.1 Å². The second kappa shape index (κ2) is 7.18. The van der Waals surface area contributed by atoms with Crippen LogP contribution in [0.25, 0.3) is 0 Å². The van der Waals surface area contributed by atoms with Crippen LogP contribution in [0.5, 0.6) is 0 Å². The molecule has 140 valence electrons. The summed E-state index contributed by atoms with van der Waals surface area (Å²) in [7, 11) is 0.